The average molecular weight is 417 g/mol. The lowest BCUT2D eigenvalue weighted by molar-refractivity contribution is -0.0992. The van der Waals surface area contributed by atoms with Crippen LogP contribution in [0.3, 0.4) is 0 Å². The quantitative estimate of drug-likeness (QED) is 0.691. The minimum Gasteiger partial charge on any atom is -0.350 e. The van der Waals surface area contributed by atoms with Gasteiger partial charge in [-0.05, 0) is 36.8 Å². The number of benzene rings is 2. The van der Waals surface area contributed by atoms with E-state index in [0.717, 1.165) is 29.2 Å². The molecule has 0 bridgehead atoms. The third-order valence-corrected chi connectivity index (χ3v) is 5.17. The van der Waals surface area contributed by atoms with E-state index in [2.05, 4.69) is 10.1 Å². The van der Waals surface area contributed by atoms with Crippen molar-refractivity contribution in [1.82, 2.24) is 19.7 Å². The van der Waals surface area contributed by atoms with Crippen molar-refractivity contribution in [2.45, 2.75) is 18.8 Å². The Morgan fingerprint density at radius 1 is 1.07 bits per heavy atom. The van der Waals surface area contributed by atoms with Crippen LogP contribution in [-0.4, -0.2) is 44.3 Å². The third kappa shape index (κ3) is 3.18. The summed E-state index contributed by atoms with van der Waals surface area (Å²) >= 11 is 0. The summed E-state index contributed by atoms with van der Waals surface area (Å²) in [6.07, 6.45) is 3.24. The largest absolute Gasteiger partial charge is 0.350 e. The van der Waals surface area contributed by atoms with Crippen LogP contribution in [0.4, 0.5) is 18.9 Å². The Morgan fingerprint density at radius 2 is 1.80 bits per heavy atom. The number of aliphatic hydroxyl groups is 1. The zero-order valence-corrected chi connectivity index (χ0v) is 16.0. The molecule has 30 heavy (non-hydrogen) atoms. The fourth-order valence-electron chi connectivity index (χ4n) is 3.68. The molecule has 1 aliphatic heterocycles. The highest BCUT2D eigenvalue weighted by atomic mass is 19.1. The summed E-state index contributed by atoms with van der Waals surface area (Å²) in [5.74, 6) is -5.37. The highest BCUT2D eigenvalue weighted by Gasteiger charge is 2.50. The van der Waals surface area contributed by atoms with E-state index in [1.165, 1.54) is 30.7 Å². The lowest BCUT2D eigenvalue weighted by Gasteiger charge is -2.50. The number of aromatic nitrogens is 3. The van der Waals surface area contributed by atoms with E-state index in [9.17, 15) is 23.1 Å². The number of rotatable bonds is 5. The van der Waals surface area contributed by atoms with Crippen LogP contribution in [0.2, 0.25) is 0 Å². The molecule has 0 spiro atoms. The van der Waals surface area contributed by atoms with E-state index in [-0.39, 0.29) is 23.4 Å². The molecule has 0 aliphatic carbocycles. The summed E-state index contributed by atoms with van der Waals surface area (Å²) in [6.45, 7) is 0.416. The van der Waals surface area contributed by atoms with Crippen LogP contribution in [0.25, 0.3) is 0 Å². The van der Waals surface area contributed by atoms with Crippen LogP contribution < -0.4 is 4.90 Å². The van der Waals surface area contributed by atoms with Crippen LogP contribution in [0, 0.1) is 17.5 Å². The molecule has 0 saturated heterocycles. The van der Waals surface area contributed by atoms with Gasteiger partial charge in [-0.2, -0.15) is 5.10 Å². The second-order valence-corrected chi connectivity index (χ2v) is 6.95. The molecule has 0 radical (unpaired) electrons. The van der Waals surface area contributed by atoms with E-state index in [4.69, 9.17) is 0 Å². The van der Waals surface area contributed by atoms with Crippen molar-refractivity contribution in [3.63, 3.8) is 0 Å². The Kier molecular flexibility index (Phi) is 4.94. The molecule has 1 atom stereocenters. The molecule has 1 aromatic heterocycles. The van der Waals surface area contributed by atoms with Gasteiger partial charge < -0.3 is 10.0 Å². The lowest BCUT2D eigenvalue weighted by Crippen LogP contribution is -2.63. The van der Waals surface area contributed by atoms with Gasteiger partial charge in [-0.25, -0.2) is 18.2 Å². The monoisotopic (exact) mass is 417 g/mol. The van der Waals surface area contributed by atoms with Crippen molar-refractivity contribution in [3.05, 3.63) is 77.6 Å². The van der Waals surface area contributed by atoms with Crippen LogP contribution in [0.1, 0.15) is 22.3 Å². The molecule has 2 aromatic carbocycles. The molecule has 7 nitrogen and oxygen atoms in total. The van der Waals surface area contributed by atoms with E-state index in [1.54, 1.807) is 4.68 Å². The van der Waals surface area contributed by atoms with Crippen molar-refractivity contribution in [1.29, 1.82) is 0 Å². The van der Waals surface area contributed by atoms with Crippen LogP contribution in [0.5, 0.6) is 0 Å². The summed E-state index contributed by atoms with van der Waals surface area (Å²) in [6, 6.07) is 6.23. The summed E-state index contributed by atoms with van der Waals surface area (Å²) in [4.78, 5) is 19.4. The fourth-order valence-corrected chi connectivity index (χ4v) is 3.68. The second kappa shape index (κ2) is 7.45. The first-order chi connectivity index (χ1) is 14.3. The Morgan fingerprint density at radius 3 is 2.50 bits per heavy atom. The summed E-state index contributed by atoms with van der Waals surface area (Å²) in [7, 11) is 1.41. The fraction of sp³-hybridized carbons (Fsp3) is 0.250. The highest BCUT2D eigenvalue weighted by molar-refractivity contribution is 6.02. The number of hydrogen-bond donors (Lipinski definition) is 1. The van der Waals surface area contributed by atoms with Gasteiger partial charge in [0.05, 0.1) is 16.8 Å². The van der Waals surface area contributed by atoms with Crippen molar-refractivity contribution < 1.29 is 23.1 Å². The molecule has 3 aromatic rings. The number of carbonyl (C=O) groups is 1. The summed E-state index contributed by atoms with van der Waals surface area (Å²) in [5.41, 5.74) is -0.0685. The molecule has 0 saturated carbocycles. The SMILES string of the molecule is CN1c2cc(F)ccc2C(=O)N(CCCn2cncn2)C1(O)c1ccc(F)cc1F. The van der Waals surface area contributed by atoms with Crippen LogP contribution >= 0.6 is 0 Å². The molecule has 1 amide bonds. The minimum atomic E-state index is -2.29. The predicted octanol–water partition coefficient (Wildman–Crippen LogP) is 2.48. The van der Waals surface area contributed by atoms with Gasteiger partial charge >= 0.3 is 0 Å². The zero-order valence-electron chi connectivity index (χ0n) is 16.0. The number of hydrogen-bond acceptors (Lipinski definition) is 5. The Bertz CT molecular complexity index is 1090. The Labute approximate surface area is 170 Å². The van der Waals surface area contributed by atoms with E-state index < -0.39 is 29.2 Å². The number of halogens is 3. The van der Waals surface area contributed by atoms with E-state index >= 15 is 0 Å². The van der Waals surface area contributed by atoms with Crippen molar-refractivity contribution in [2.75, 3.05) is 18.5 Å². The number of aryl methyl sites for hydroxylation is 1. The molecule has 1 aliphatic rings. The van der Waals surface area contributed by atoms with Crippen LogP contribution in [-0.2, 0) is 12.4 Å². The standard InChI is InChI=1S/C20H18F3N5O2/c1-26-18-10-14(22)3-5-15(18)19(29)28(8-2-7-27-12-24-11-25-27)20(26,30)16-6-4-13(21)9-17(16)23/h3-6,9-12,30H,2,7-8H2,1H3. The maximum Gasteiger partial charge on any atom is 0.259 e. The maximum absolute atomic E-state index is 14.7. The summed E-state index contributed by atoms with van der Waals surface area (Å²) in [5, 5.41) is 15.6. The van der Waals surface area contributed by atoms with Gasteiger partial charge in [0.15, 0.2) is 0 Å². The van der Waals surface area contributed by atoms with E-state index in [0.29, 0.717) is 19.0 Å². The highest BCUT2D eigenvalue weighted by Crippen LogP contribution is 2.42. The molecule has 10 heteroatoms. The van der Waals surface area contributed by atoms with Gasteiger partial charge in [-0.3, -0.25) is 14.4 Å². The van der Waals surface area contributed by atoms with Gasteiger partial charge in [0.1, 0.15) is 30.1 Å². The molecule has 0 fully saturated rings. The van der Waals surface area contributed by atoms with Crippen LogP contribution in [0.15, 0.2) is 49.1 Å². The molecule has 156 valence electrons. The van der Waals surface area contributed by atoms with Gasteiger partial charge in [-0.15, -0.1) is 0 Å². The molecule has 4 rings (SSSR count). The minimum absolute atomic E-state index is 0.0210. The zero-order chi connectivity index (χ0) is 21.5. The van der Waals surface area contributed by atoms with Crippen molar-refractivity contribution in [3.8, 4) is 0 Å². The third-order valence-electron chi connectivity index (χ3n) is 5.17. The summed E-state index contributed by atoms with van der Waals surface area (Å²) < 4.78 is 43.6. The maximum atomic E-state index is 14.7. The number of amides is 1. The predicted molar refractivity (Wildman–Crippen MR) is 101 cm³/mol. The van der Waals surface area contributed by atoms with Crippen molar-refractivity contribution in [2.24, 2.45) is 0 Å². The normalized spacial score (nSPS) is 18.6. The average Bonchev–Trinajstić information content (AvgIpc) is 3.22. The number of fused-ring (bicyclic) bond motifs is 1. The molecule has 2 heterocycles. The first kappa shape index (κ1) is 19.9. The molecular formula is C20H18F3N5O2. The first-order valence-corrected chi connectivity index (χ1v) is 9.18. The lowest BCUT2D eigenvalue weighted by atomic mass is 9.98. The van der Waals surface area contributed by atoms with E-state index in [1.807, 2.05) is 0 Å². The number of nitrogens with zero attached hydrogens (tertiary/aromatic N) is 5. The smallest absolute Gasteiger partial charge is 0.259 e. The van der Waals surface area contributed by atoms with Gasteiger partial charge in [-0.1, -0.05) is 0 Å². The second-order valence-electron chi connectivity index (χ2n) is 6.95. The first-order valence-electron chi connectivity index (χ1n) is 9.18. The Hall–Kier alpha value is -3.40. The van der Waals surface area contributed by atoms with Gasteiger partial charge in [0.2, 0.25) is 0 Å². The Balaban J connectivity index is 1.78. The molecule has 1 unspecified atom stereocenters. The van der Waals surface area contributed by atoms with Crippen molar-refractivity contribution >= 4 is 11.6 Å². The van der Waals surface area contributed by atoms with Gasteiger partial charge in [0, 0.05) is 26.2 Å². The number of carbonyl (C=O) groups excluding carboxylic acids is 1. The molecular weight excluding hydrogens is 399 g/mol. The van der Waals surface area contributed by atoms with Gasteiger partial charge in [0.25, 0.3) is 11.8 Å². The number of anilines is 1. The molecule has 1 N–H and O–H groups in total. The topological polar surface area (TPSA) is 74.5 Å².